The van der Waals surface area contributed by atoms with Crippen LogP contribution in [0.25, 0.3) is 0 Å². The van der Waals surface area contributed by atoms with Crippen molar-refractivity contribution in [3.8, 4) is 0 Å². The maximum Gasteiger partial charge on any atom is 0.228 e. The van der Waals surface area contributed by atoms with Gasteiger partial charge in [-0.25, -0.2) is 0 Å². The van der Waals surface area contributed by atoms with Gasteiger partial charge in [0.2, 0.25) is 17.7 Å². The lowest BCUT2D eigenvalue weighted by Crippen LogP contribution is -2.52. The smallest absolute Gasteiger partial charge is 0.228 e. The minimum absolute atomic E-state index is 0.00797. The largest absolute Gasteiger partial charge is 0.340 e. The fourth-order valence-electron chi connectivity index (χ4n) is 4.85. The maximum atomic E-state index is 13.0. The molecule has 0 spiro atoms. The number of fused-ring (bicyclic) bond motifs is 1. The summed E-state index contributed by atoms with van der Waals surface area (Å²) in [5, 5.41) is 0. The zero-order valence-corrected chi connectivity index (χ0v) is 18.3. The lowest BCUT2D eigenvalue weighted by molar-refractivity contribution is -0.137. The molecule has 2 fully saturated rings. The summed E-state index contributed by atoms with van der Waals surface area (Å²) in [5.74, 6) is -0.0276. The first-order valence-electron chi connectivity index (χ1n) is 11.2. The summed E-state index contributed by atoms with van der Waals surface area (Å²) < 4.78 is 0. The predicted octanol–water partition coefficient (Wildman–Crippen LogP) is 1.89. The highest BCUT2D eigenvalue weighted by Crippen LogP contribution is 2.34. The second kappa shape index (κ2) is 8.38. The molecule has 1 aromatic rings. The minimum atomic E-state index is -0.269. The zero-order valence-electron chi connectivity index (χ0n) is 18.3. The van der Waals surface area contributed by atoms with Gasteiger partial charge in [0.1, 0.15) is 0 Å². The van der Waals surface area contributed by atoms with E-state index in [0.29, 0.717) is 25.6 Å². The highest BCUT2D eigenvalue weighted by atomic mass is 16.2. The molecule has 4 rings (SSSR count). The quantitative estimate of drug-likeness (QED) is 0.758. The van der Waals surface area contributed by atoms with Gasteiger partial charge in [-0.3, -0.25) is 19.3 Å². The van der Waals surface area contributed by atoms with Crippen molar-refractivity contribution in [3.05, 3.63) is 23.8 Å². The topological polar surface area (TPSA) is 64.2 Å². The van der Waals surface area contributed by atoms with E-state index < -0.39 is 0 Å². The highest BCUT2D eigenvalue weighted by Gasteiger charge is 2.38. The highest BCUT2D eigenvalue weighted by molar-refractivity contribution is 6.01. The number of hydrogen-bond donors (Lipinski definition) is 0. The number of benzene rings is 1. The number of piperazine rings is 1. The van der Waals surface area contributed by atoms with Crippen LogP contribution in [0.15, 0.2) is 18.2 Å². The molecule has 1 aromatic carbocycles. The van der Waals surface area contributed by atoms with Crippen LogP contribution in [0.1, 0.15) is 39.2 Å². The van der Waals surface area contributed by atoms with Crippen molar-refractivity contribution in [2.45, 2.75) is 46.1 Å². The second-order valence-corrected chi connectivity index (χ2v) is 8.82. The molecule has 3 aliphatic heterocycles. The Balaban J connectivity index is 1.42. The van der Waals surface area contributed by atoms with Gasteiger partial charge >= 0.3 is 0 Å². The molecule has 7 nitrogen and oxygen atoms in total. The number of nitrogens with zero attached hydrogens (tertiary/aromatic N) is 4. The molecule has 0 saturated carbocycles. The Morgan fingerprint density at radius 2 is 1.83 bits per heavy atom. The van der Waals surface area contributed by atoms with E-state index >= 15 is 0 Å². The Labute approximate surface area is 178 Å². The van der Waals surface area contributed by atoms with Crippen LogP contribution >= 0.6 is 0 Å². The van der Waals surface area contributed by atoms with Gasteiger partial charge in [-0.2, -0.15) is 0 Å². The average Bonchev–Trinajstić information content (AvgIpc) is 3.35. The predicted molar refractivity (Wildman–Crippen MR) is 117 cm³/mol. The maximum absolute atomic E-state index is 13.0. The van der Waals surface area contributed by atoms with Gasteiger partial charge in [0.05, 0.1) is 5.92 Å². The van der Waals surface area contributed by atoms with Crippen molar-refractivity contribution in [1.29, 1.82) is 0 Å². The van der Waals surface area contributed by atoms with Crippen LogP contribution in [0.5, 0.6) is 0 Å². The van der Waals surface area contributed by atoms with Gasteiger partial charge in [0.15, 0.2) is 0 Å². The Morgan fingerprint density at radius 3 is 2.50 bits per heavy atom. The summed E-state index contributed by atoms with van der Waals surface area (Å²) in [5.41, 5.74) is 2.89. The molecular formula is C23H32N4O3. The summed E-state index contributed by atoms with van der Waals surface area (Å²) in [6.07, 6.45) is 1.57. The SMILES string of the molecule is CCC(=O)N1CCc2cc(N3C[C@H](C(=O)N4CCN(C(C)C)CC4)CC3=O)ccc21. The van der Waals surface area contributed by atoms with Crippen LogP contribution in [0.3, 0.4) is 0 Å². The van der Waals surface area contributed by atoms with Crippen LogP contribution in [-0.4, -0.2) is 72.8 Å². The fraction of sp³-hybridized carbons (Fsp3) is 0.609. The summed E-state index contributed by atoms with van der Waals surface area (Å²) in [7, 11) is 0. The summed E-state index contributed by atoms with van der Waals surface area (Å²) in [6, 6.07) is 6.37. The monoisotopic (exact) mass is 412 g/mol. The van der Waals surface area contributed by atoms with Gasteiger partial charge in [0.25, 0.3) is 0 Å². The van der Waals surface area contributed by atoms with Crippen molar-refractivity contribution < 1.29 is 14.4 Å². The summed E-state index contributed by atoms with van der Waals surface area (Å²) in [4.78, 5) is 45.7. The van der Waals surface area contributed by atoms with Crippen LogP contribution in [0.2, 0.25) is 0 Å². The third-order valence-corrected chi connectivity index (χ3v) is 6.70. The third kappa shape index (κ3) is 3.83. The van der Waals surface area contributed by atoms with E-state index in [0.717, 1.165) is 49.5 Å². The molecule has 0 aliphatic carbocycles. The van der Waals surface area contributed by atoms with E-state index in [1.165, 1.54) is 0 Å². The molecule has 0 radical (unpaired) electrons. The van der Waals surface area contributed by atoms with Gasteiger partial charge < -0.3 is 14.7 Å². The van der Waals surface area contributed by atoms with Gasteiger partial charge in [-0.15, -0.1) is 0 Å². The normalized spacial score (nSPS) is 22.2. The number of anilines is 2. The van der Waals surface area contributed by atoms with Gasteiger partial charge in [0, 0.05) is 69.5 Å². The Bertz CT molecular complexity index is 845. The van der Waals surface area contributed by atoms with Gasteiger partial charge in [-0.1, -0.05) is 6.92 Å². The molecule has 1 atom stereocenters. The molecular weight excluding hydrogens is 380 g/mol. The van der Waals surface area contributed by atoms with Crippen molar-refractivity contribution >= 4 is 29.1 Å². The summed E-state index contributed by atoms with van der Waals surface area (Å²) in [6.45, 7) is 10.6. The molecule has 3 aliphatic rings. The first-order valence-corrected chi connectivity index (χ1v) is 11.2. The molecule has 0 bridgehead atoms. The minimum Gasteiger partial charge on any atom is -0.340 e. The van der Waals surface area contributed by atoms with Crippen LogP contribution in [0, 0.1) is 5.92 Å². The van der Waals surface area contributed by atoms with E-state index in [2.05, 4.69) is 18.7 Å². The Morgan fingerprint density at radius 1 is 1.10 bits per heavy atom. The molecule has 3 heterocycles. The van der Waals surface area contributed by atoms with Gasteiger partial charge in [-0.05, 0) is 44.0 Å². The average molecular weight is 413 g/mol. The van der Waals surface area contributed by atoms with E-state index in [1.54, 1.807) is 4.90 Å². The molecule has 30 heavy (non-hydrogen) atoms. The molecule has 2 saturated heterocycles. The third-order valence-electron chi connectivity index (χ3n) is 6.70. The first kappa shape index (κ1) is 20.8. The number of carbonyl (C=O) groups excluding carboxylic acids is 3. The second-order valence-electron chi connectivity index (χ2n) is 8.82. The van der Waals surface area contributed by atoms with Crippen molar-refractivity contribution in [2.24, 2.45) is 5.92 Å². The molecule has 0 unspecified atom stereocenters. The molecule has 7 heteroatoms. The first-order chi connectivity index (χ1) is 14.4. The lowest BCUT2D eigenvalue weighted by Gasteiger charge is -2.37. The molecule has 0 N–H and O–H groups in total. The van der Waals surface area contributed by atoms with E-state index in [4.69, 9.17) is 0 Å². The van der Waals surface area contributed by atoms with E-state index in [1.807, 2.05) is 34.9 Å². The lowest BCUT2D eigenvalue weighted by atomic mass is 10.1. The number of carbonyl (C=O) groups is 3. The molecule has 162 valence electrons. The number of amides is 3. The summed E-state index contributed by atoms with van der Waals surface area (Å²) >= 11 is 0. The molecule has 0 aromatic heterocycles. The van der Waals surface area contributed by atoms with Crippen LogP contribution in [0.4, 0.5) is 11.4 Å². The Kier molecular flexibility index (Phi) is 5.82. The van der Waals surface area contributed by atoms with Crippen LogP contribution < -0.4 is 9.80 Å². The van der Waals surface area contributed by atoms with E-state index in [-0.39, 0.29) is 30.1 Å². The van der Waals surface area contributed by atoms with Crippen LogP contribution in [-0.2, 0) is 20.8 Å². The number of hydrogen-bond acceptors (Lipinski definition) is 4. The fourth-order valence-corrected chi connectivity index (χ4v) is 4.85. The Hall–Kier alpha value is -2.41. The number of rotatable bonds is 4. The zero-order chi connectivity index (χ0) is 21.4. The molecule has 3 amide bonds. The van der Waals surface area contributed by atoms with Crippen molar-refractivity contribution in [3.63, 3.8) is 0 Å². The van der Waals surface area contributed by atoms with Crippen molar-refractivity contribution in [1.82, 2.24) is 9.80 Å². The standard InChI is InChI=1S/C23H32N4O3/c1-4-21(28)26-8-7-17-13-19(5-6-20(17)26)27-15-18(14-22(27)29)23(30)25-11-9-24(10-12-25)16(2)3/h5-6,13,16,18H,4,7-12,14-15H2,1-3H3/t18-/m1/s1. The van der Waals surface area contributed by atoms with E-state index in [9.17, 15) is 14.4 Å². The van der Waals surface area contributed by atoms with Crippen molar-refractivity contribution in [2.75, 3.05) is 49.1 Å².